The number of nitrogens with one attached hydrogen (secondary N) is 1. The van der Waals surface area contributed by atoms with Gasteiger partial charge in [0.1, 0.15) is 17.8 Å². The molecule has 2 aromatic rings. The molecule has 0 bridgehead atoms. The predicted octanol–water partition coefficient (Wildman–Crippen LogP) is 1.67. The zero-order chi connectivity index (χ0) is 19.8. The maximum absolute atomic E-state index is 12.0. The van der Waals surface area contributed by atoms with Crippen molar-refractivity contribution in [2.75, 3.05) is 38.3 Å². The summed E-state index contributed by atoms with van der Waals surface area (Å²) >= 11 is 0. The van der Waals surface area contributed by atoms with Crippen LogP contribution in [0.15, 0.2) is 47.7 Å². The molecule has 1 aromatic heterocycles. The molecule has 2 heterocycles. The third-order valence-corrected chi connectivity index (χ3v) is 3.96. The maximum atomic E-state index is 12.0. The van der Waals surface area contributed by atoms with E-state index in [-0.39, 0.29) is 18.2 Å². The van der Waals surface area contributed by atoms with E-state index in [2.05, 4.69) is 15.5 Å². The fourth-order valence-electron chi connectivity index (χ4n) is 2.43. The first-order chi connectivity index (χ1) is 13.6. The molecule has 1 saturated heterocycles. The Kier molecular flexibility index (Phi) is 6.47. The fourth-order valence-corrected chi connectivity index (χ4v) is 2.43. The molecule has 0 atom stereocenters. The second-order valence-corrected chi connectivity index (χ2v) is 5.88. The van der Waals surface area contributed by atoms with Crippen LogP contribution in [0, 0.1) is 10.1 Å². The number of morpholine rings is 1. The number of hydrogen-bond acceptors (Lipinski definition) is 8. The highest BCUT2D eigenvalue weighted by Crippen LogP contribution is 2.13. The highest BCUT2D eigenvalue weighted by atomic mass is 16.6. The Morgan fingerprint density at radius 3 is 2.68 bits per heavy atom. The number of carbonyl (C=O) groups is 1. The zero-order valence-electron chi connectivity index (χ0n) is 15.0. The lowest BCUT2D eigenvalue weighted by Crippen LogP contribution is -2.42. The molecule has 0 radical (unpaired) electrons. The average molecular weight is 385 g/mol. The van der Waals surface area contributed by atoms with E-state index < -0.39 is 4.92 Å². The topological polar surface area (TPSA) is 119 Å². The van der Waals surface area contributed by atoms with Gasteiger partial charge in [-0.15, -0.1) is 0 Å². The molecule has 1 N–H and O–H groups in total. The third kappa shape index (κ3) is 5.48. The highest BCUT2D eigenvalue weighted by Gasteiger charge is 2.17. The maximum Gasteiger partial charge on any atom is 0.287 e. The van der Waals surface area contributed by atoms with Gasteiger partial charge in [0.25, 0.3) is 11.6 Å². The van der Waals surface area contributed by atoms with Crippen LogP contribution in [0.25, 0.3) is 0 Å². The lowest BCUT2D eigenvalue weighted by molar-refractivity contribution is -0.385. The van der Waals surface area contributed by atoms with Gasteiger partial charge in [-0.1, -0.05) is 0 Å². The minimum Gasteiger partial charge on any atom is -0.484 e. The number of pyridine rings is 1. The lowest BCUT2D eigenvalue weighted by Gasteiger charge is -2.26. The van der Waals surface area contributed by atoms with Gasteiger partial charge in [0.2, 0.25) is 0 Å². The molecule has 0 unspecified atom stereocenters. The summed E-state index contributed by atoms with van der Waals surface area (Å²) in [6, 6.07) is 9.90. The van der Waals surface area contributed by atoms with Crippen molar-refractivity contribution >= 4 is 23.6 Å². The monoisotopic (exact) mass is 385 g/mol. The molecule has 28 heavy (non-hydrogen) atoms. The highest BCUT2D eigenvalue weighted by molar-refractivity contribution is 5.80. The minimum absolute atomic E-state index is 0.0131. The summed E-state index contributed by atoms with van der Waals surface area (Å²) in [5.41, 5.74) is 3.42. The summed E-state index contributed by atoms with van der Waals surface area (Å²) in [4.78, 5) is 27.7. The van der Waals surface area contributed by atoms with Crippen LogP contribution < -0.4 is 10.2 Å². The van der Waals surface area contributed by atoms with Crippen molar-refractivity contribution in [3.8, 4) is 5.75 Å². The van der Waals surface area contributed by atoms with Crippen LogP contribution >= 0.6 is 0 Å². The molecule has 10 heteroatoms. The summed E-state index contributed by atoms with van der Waals surface area (Å²) in [5, 5.41) is 14.6. The van der Waals surface area contributed by atoms with Gasteiger partial charge in [0, 0.05) is 19.2 Å². The van der Waals surface area contributed by atoms with Gasteiger partial charge < -0.3 is 14.4 Å². The number of ether oxygens (including phenoxy) is 2. The van der Waals surface area contributed by atoms with Gasteiger partial charge in [0.05, 0.1) is 24.4 Å². The van der Waals surface area contributed by atoms with E-state index in [0.29, 0.717) is 37.9 Å². The molecule has 10 nitrogen and oxygen atoms in total. The van der Waals surface area contributed by atoms with Crippen molar-refractivity contribution in [3.05, 3.63) is 58.3 Å². The summed E-state index contributed by atoms with van der Waals surface area (Å²) in [6.45, 7) is 2.29. The lowest BCUT2D eigenvalue weighted by atomic mass is 10.2. The van der Waals surface area contributed by atoms with Gasteiger partial charge in [-0.05, 0) is 35.9 Å². The van der Waals surface area contributed by atoms with Crippen molar-refractivity contribution in [2.45, 2.75) is 0 Å². The van der Waals surface area contributed by atoms with E-state index in [1.165, 1.54) is 12.1 Å². The molecule has 1 amide bonds. The number of nitro groups is 1. The SMILES string of the molecule is O=C(COc1ccc(/C=N\Nc2ccc([N+](=O)[O-])cn2)cc1)N1CCOCC1. The Bertz CT molecular complexity index is 832. The number of amides is 1. The van der Waals surface area contributed by atoms with Crippen LogP contribution in [-0.4, -0.2) is 59.8 Å². The Morgan fingerprint density at radius 2 is 2.04 bits per heavy atom. The Morgan fingerprint density at radius 1 is 1.29 bits per heavy atom. The molecule has 0 saturated carbocycles. The summed E-state index contributed by atoms with van der Waals surface area (Å²) in [7, 11) is 0. The smallest absolute Gasteiger partial charge is 0.287 e. The second kappa shape index (κ2) is 9.42. The minimum atomic E-state index is -0.516. The van der Waals surface area contributed by atoms with Crippen molar-refractivity contribution < 1.29 is 19.2 Å². The number of hydrogen-bond donors (Lipinski definition) is 1. The average Bonchev–Trinajstić information content (AvgIpc) is 2.74. The first kappa shape index (κ1) is 19.2. The number of anilines is 1. The van der Waals surface area contributed by atoms with Crippen molar-refractivity contribution in [1.29, 1.82) is 0 Å². The molecule has 146 valence electrons. The van der Waals surface area contributed by atoms with E-state index in [9.17, 15) is 14.9 Å². The third-order valence-electron chi connectivity index (χ3n) is 3.96. The molecular formula is C18H19N5O5. The van der Waals surface area contributed by atoms with Gasteiger partial charge in [-0.3, -0.25) is 20.3 Å². The molecular weight excluding hydrogens is 366 g/mol. The van der Waals surface area contributed by atoms with Crippen LogP contribution in [0.5, 0.6) is 5.75 Å². The molecule has 1 aliphatic heterocycles. The van der Waals surface area contributed by atoms with Gasteiger partial charge in [-0.2, -0.15) is 5.10 Å². The Balaban J connectivity index is 1.46. The van der Waals surface area contributed by atoms with Crippen molar-refractivity contribution in [3.63, 3.8) is 0 Å². The van der Waals surface area contributed by atoms with Crippen LogP contribution in [0.2, 0.25) is 0 Å². The summed E-state index contributed by atoms with van der Waals surface area (Å²) in [6.07, 6.45) is 2.73. The zero-order valence-corrected chi connectivity index (χ0v) is 15.0. The molecule has 0 aliphatic carbocycles. The molecule has 1 aromatic carbocycles. The van der Waals surface area contributed by atoms with E-state index in [0.717, 1.165) is 11.8 Å². The first-order valence-electron chi connectivity index (χ1n) is 8.60. The normalized spacial score (nSPS) is 14.1. The van der Waals surface area contributed by atoms with E-state index in [1.54, 1.807) is 35.4 Å². The second-order valence-electron chi connectivity index (χ2n) is 5.88. The number of hydrazone groups is 1. The molecule has 0 spiro atoms. The number of rotatable bonds is 7. The fraction of sp³-hybridized carbons (Fsp3) is 0.278. The van der Waals surface area contributed by atoms with Crippen molar-refractivity contribution in [2.24, 2.45) is 5.10 Å². The summed E-state index contributed by atoms with van der Waals surface area (Å²) in [5.74, 6) is 0.918. The van der Waals surface area contributed by atoms with E-state index in [1.807, 2.05) is 0 Å². The predicted molar refractivity (Wildman–Crippen MR) is 101 cm³/mol. The number of benzene rings is 1. The van der Waals surface area contributed by atoms with Crippen LogP contribution in [0.4, 0.5) is 11.5 Å². The molecule has 1 fully saturated rings. The van der Waals surface area contributed by atoms with Crippen LogP contribution in [0.1, 0.15) is 5.56 Å². The quantitative estimate of drug-likeness (QED) is 0.437. The Hall–Kier alpha value is -3.53. The van der Waals surface area contributed by atoms with Crippen molar-refractivity contribution in [1.82, 2.24) is 9.88 Å². The first-order valence-corrected chi connectivity index (χ1v) is 8.60. The number of aromatic nitrogens is 1. The van der Waals surface area contributed by atoms with Gasteiger partial charge in [0.15, 0.2) is 6.61 Å². The molecule has 1 aliphatic rings. The Labute approximate surface area is 160 Å². The van der Waals surface area contributed by atoms with Gasteiger partial charge in [-0.25, -0.2) is 4.98 Å². The van der Waals surface area contributed by atoms with E-state index >= 15 is 0 Å². The number of carbonyl (C=O) groups excluding carboxylic acids is 1. The standard InChI is InChI=1S/C18H19N5O5/c24-18(22-7-9-27-10-8-22)13-28-16-4-1-14(2-5-16)11-20-21-17-6-3-15(12-19-17)23(25)26/h1-6,11-12H,7-10,13H2,(H,19,21)/b20-11-. The number of nitrogens with zero attached hydrogens (tertiary/aromatic N) is 4. The van der Waals surface area contributed by atoms with Crippen LogP contribution in [-0.2, 0) is 9.53 Å². The van der Waals surface area contributed by atoms with Gasteiger partial charge >= 0.3 is 0 Å². The largest absolute Gasteiger partial charge is 0.484 e. The van der Waals surface area contributed by atoms with E-state index in [4.69, 9.17) is 9.47 Å². The molecule has 3 rings (SSSR count). The van der Waals surface area contributed by atoms with Crippen LogP contribution in [0.3, 0.4) is 0 Å². The summed E-state index contributed by atoms with van der Waals surface area (Å²) < 4.78 is 10.7.